The summed E-state index contributed by atoms with van der Waals surface area (Å²) in [6.45, 7) is 2.76. The predicted octanol–water partition coefficient (Wildman–Crippen LogP) is 3.60. The molecule has 2 N–H and O–H groups in total. The van der Waals surface area contributed by atoms with Gasteiger partial charge < -0.3 is 10.5 Å². The topological polar surface area (TPSA) is 35.2 Å². The smallest absolute Gasteiger partial charge is 0.165 e. The third kappa shape index (κ3) is 3.45. The van der Waals surface area contributed by atoms with Crippen LogP contribution in [-0.2, 0) is 0 Å². The molecule has 100 valence electrons. The lowest BCUT2D eigenvalue weighted by Gasteiger charge is -2.08. The van der Waals surface area contributed by atoms with Crippen molar-refractivity contribution in [2.75, 3.05) is 6.61 Å². The fourth-order valence-corrected chi connectivity index (χ4v) is 2.17. The second kappa shape index (κ2) is 6.19. The maximum absolute atomic E-state index is 13.8. The molecule has 2 nitrogen and oxygen atoms in total. The van der Waals surface area contributed by atoms with E-state index in [-0.39, 0.29) is 11.9 Å². The van der Waals surface area contributed by atoms with Crippen LogP contribution >= 0.6 is 0 Å². The van der Waals surface area contributed by atoms with Crippen molar-refractivity contribution in [3.63, 3.8) is 0 Å². The fourth-order valence-electron chi connectivity index (χ4n) is 2.17. The van der Waals surface area contributed by atoms with E-state index in [1.807, 2.05) is 6.07 Å². The number of nitrogens with two attached hydrogens (primary N) is 1. The van der Waals surface area contributed by atoms with Crippen molar-refractivity contribution < 1.29 is 9.13 Å². The zero-order valence-corrected chi connectivity index (χ0v) is 11.0. The van der Waals surface area contributed by atoms with Gasteiger partial charge in [-0.2, -0.15) is 0 Å². The van der Waals surface area contributed by atoms with Crippen LogP contribution in [0.3, 0.4) is 0 Å². The van der Waals surface area contributed by atoms with Gasteiger partial charge >= 0.3 is 0 Å². The zero-order chi connectivity index (χ0) is 13.0. The molecule has 2 rings (SSSR count). The lowest BCUT2D eigenvalue weighted by Crippen LogP contribution is -2.02. The van der Waals surface area contributed by atoms with E-state index in [0.29, 0.717) is 18.3 Å². The number of hydrogen-bond donors (Lipinski definition) is 1. The largest absolute Gasteiger partial charge is 0.491 e. The molecule has 2 atom stereocenters. The van der Waals surface area contributed by atoms with E-state index >= 15 is 0 Å². The van der Waals surface area contributed by atoms with Crippen molar-refractivity contribution >= 4 is 0 Å². The van der Waals surface area contributed by atoms with Crippen molar-refractivity contribution in [3.05, 3.63) is 29.6 Å². The average Bonchev–Trinajstić information content (AvgIpc) is 3.08. The number of benzene rings is 1. The van der Waals surface area contributed by atoms with Crippen molar-refractivity contribution in [1.29, 1.82) is 0 Å². The third-order valence-corrected chi connectivity index (χ3v) is 3.48. The minimum absolute atomic E-state index is 0.213. The normalized spacial score (nSPS) is 21.9. The molecule has 1 saturated carbocycles. The van der Waals surface area contributed by atoms with Crippen LogP contribution in [0.1, 0.15) is 50.5 Å². The Labute approximate surface area is 108 Å². The number of rotatable bonds is 7. The Hall–Kier alpha value is -1.09. The van der Waals surface area contributed by atoms with Gasteiger partial charge in [-0.15, -0.1) is 0 Å². The SMILES string of the molecule is CCCCCCOc1ccc(C2CC2N)cc1F. The Morgan fingerprint density at radius 1 is 1.33 bits per heavy atom. The summed E-state index contributed by atoms with van der Waals surface area (Å²) in [5.41, 5.74) is 6.76. The molecule has 0 heterocycles. The summed E-state index contributed by atoms with van der Waals surface area (Å²) in [5, 5.41) is 0. The van der Waals surface area contributed by atoms with Crippen molar-refractivity contribution in [2.24, 2.45) is 5.73 Å². The molecule has 0 spiro atoms. The summed E-state index contributed by atoms with van der Waals surface area (Å²) in [4.78, 5) is 0. The molecule has 2 unspecified atom stereocenters. The Morgan fingerprint density at radius 3 is 2.72 bits per heavy atom. The van der Waals surface area contributed by atoms with Crippen LogP contribution < -0.4 is 10.5 Å². The Bertz CT molecular complexity index is 394. The van der Waals surface area contributed by atoms with E-state index in [4.69, 9.17) is 10.5 Å². The molecule has 3 heteroatoms. The number of halogens is 1. The molecule has 0 aliphatic heterocycles. The highest BCUT2D eigenvalue weighted by Crippen LogP contribution is 2.40. The lowest BCUT2D eigenvalue weighted by atomic mass is 10.1. The molecule has 1 aliphatic rings. The summed E-state index contributed by atoms with van der Waals surface area (Å²) in [6, 6.07) is 5.45. The van der Waals surface area contributed by atoms with Gasteiger partial charge in [0.05, 0.1) is 6.61 Å². The fraction of sp³-hybridized carbons (Fsp3) is 0.600. The molecule has 0 saturated heterocycles. The van der Waals surface area contributed by atoms with E-state index in [1.165, 1.54) is 12.8 Å². The van der Waals surface area contributed by atoms with Gasteiger partial charge in [0.2, 0.25) is 0 Å². The van der Waals surface area contributed by atoms with Gasteiger partial charge in [0.25, 0.3) is 0 Å². The van der Waals surface area contributed by atoms with Crippen LogP contribution in [0.5, 0.6) is 5.75 Å². The Morgan fingerprint density at radius 2 is 2.11 bits per heavy atom. The van der Waals surface area contributed by atoms with Crippen LogP contribution in [-0.4, -0.2) is 12.6 Å². The van der Waals surface area contributed by atoms with Crippen LogP contribution in [0.15, 0.2) is 18.2 Å². The second-order valence-corrected chi connectivity index (χ2v) is 5.11. The summed E-state index contributed by atoms with van der Waals surface area (Å²) in [5.74, 6) is 0.449. The van der Waals surface area contributed by atoms with Crippen molar-refractivity contribution in [1.82, 2.24) is 0 Å². The molecular weight excluding hydrogens is 229 g/mol. The first kappa shape index (κ1) is 13.3. The highest BCUT2D eigenvalue weighted by atomic mass is 19.1. The van der Waals surface area contributed by atoms with E-state index in [1.54, 1.807) is 12.1 Å². The summed E-state index contributed by atoms with van der Waals surface area (Å²) in [7, 11) is 0. The molecule has 0 aromatic heterocycles. The maximum Gasteiger partial charge on any atom is 0.165 e. The summed E-state index contributed by atoms with van der Waals surface area (Å²) in [6.07, 6.45) is 5.52. The van der Waals surface area contributed by atoms with Crippen molar-refractivity contribution in [2.45, 2.75) is 51.0 Å². The first-order valence-corrected chi connectivity index (χ1v) is 6.90. The highest BCUT2D eigenvalue weighted by molar-refractivity contribution is 5.34. The predicted molar refractivity (Wildman–Crippen MR) is 71.4 cm³/mol. The molecule has 18 heavy (non-hydrogen) atoms. The van der Waals surface area contributed by atoms with Gasteiger partial charge in [0.15, 0.2) is 11.6 Å². The third-order valence-electron chi connectivity index (χ3n) is 3.48. The van der Waals surface area contributed by atoms with Crippen LogP contribution in [0.25, 0.3) is 0 Å². The summed E-state index contributed by atoms with van der Waals surface area (Å²) >= 11 is 0. The van der Waals surface area contributed by atoms with Crippen LogP contribution in [0, 0.1) is 5.82 Å². The standard InChI is InChI=1S/C15H22FNO/c1-2-3-4-5-8-18-15-7-6-11(9-13(15)16)12-10-14(12)17/h6-7,9,12,14H,2-5,8,10,17H2,1H3. The Balaban J connectivity index is 1.82. The molecule has 1 aromatic carbocycles. The molecule has 0 amide bonds. The number of ether oxygens (including phenoxy) is 1. The molecule has 1 fully saturated rings. The molecule has 1 aromatic rings. The lowest BCUT2D eigenvalue weighted by molar-refractivity contribution is 0.290. The van der Waals surface area contributed by atoms with Gasteiger partial charge in [0.1, 0.15) is 0 Å². The van der Waals surface area contributed by atoms with Gasteiger partial charge in [0, 0.05) is 12.0 Å². The first-order chi connectivity index (χ1) is 8.72. The highest BCUT2D eigenvalue weighted by Gasteiger charge is 2.35. The number of hydrogen-bond acceptors (Lipinski definition) is 2. The average molecular weight is 251 g/mol. The Kier molecular flexibility index (Phi) is 4.59. The second-order valence-electron chi connectivity index (χ2n) is 5.11. The van der Waals surface area contributed by atoms with Gasteiger partial charge in [-0.1, -0.05) is 32.3 Å². The van der Waals surface area contributed by atoms with Gasteiger partial charge in [-0.25, -0.2) is 4.39 Å². The maximum atomic E-state index is 13.8. The molecule has 1 aliphatic carbocycles. The number of unbranched alkanes of at least 4 members (excludes halogenated alkanes) is 3. The minimum atomic E-state index is -0.262. The quantitative estimate of drug-likeness (QED) is 0.751. The van der Waals surface area contributed by atoms with E-state index in [0.717, 1.165) is 24.8 Å². The van der Waals surface area contributed by atoms with Crippen LogP contribution in [0.4, 0.5) is 4.39 Å². The van der Waals surface area contributed by atoms with E-state index in [2.05, 4.69) is 6.92 Å². The van der Waals surface area contributed by atoms with Gasteiger partial charge in [-0.3, -0.25) is 0 Å². The van der Waals surface area contributed by atoms with Crippen molar-refractivity contribution in [3.8, 4) is 5.75 Å². The van der Waals surface area contributed by atoms with E-state index < -0.39 is 0 Å². The zero-order valence-electron chi connectivity index (χ0n) is 11.0. The van der Waals surface area contributed by atoms with Crippen LogP contribution in [0.2, 0.25) is 0 Å². The molecule has 0 bridgehead atoms. The molecular formula is C15H22FNO. The van der Waals surface area contributed by atoms with E-state index in [9.17, 15) is 4.39 Å². The summed E-state index contributed by atoms with van der Waals surface area (Å²) < 4.78 is 19.2. The van der Waals surface area contributed by atoms with Gasteiger partial charge in [-0.05, 0) is 30.5 Å². The monoisotopic (exact) mass is 251 g/mol. The minimum Gasteiger partial charge on any atom is -0.491 e. The first-order valence-electron chi connectivity index (χ1n) is 6.90. The molecule has 0 radical (unpaired) electrons.